The van der Waals surface area contributed by atoms with Crippen LogP contribution in [0.5, 0.6) is 0 Å². The second-order valence-electron chi connectivity index (χ2n) is 7.71. The molecule has 0 aromatic heterocycles. The molecule has 6 nitrogen and oxygen atoms in total. The molecule has 3 fully saturated rings. The summed E-state index contributed by atoms with van der Waals surface area (Å²) in [5.41, 5.74) is -0.447. The highest BCUT2D eigenvalue weighted by atomic mass is 16.5. The van der Waals surface area contributed by atoms with E-state index in [1.54, 1.807) is 0 Å². The maximum absolute atomic E-state index is 13.0. The Bertz CT molecular complexity index is 442. The van der Waals surface area contributed by atoms with Gasteiger partial charge >= 0.3 is 0 Å². The summed E-state index contributed by atoms with van der Waals surface area (Å²) in [6.07, 6.45) is 3.11. The topological polar surface area (TPSA) is 60.0 Å². The Labute approximate surface area is 145 Å². The van der Waals surface area contributed by atoms with Crippen LogP contribution >= 0.6 is 0 Å². The minimum Gasteiger partial charge on any atom is -0.381 e. The zero-order chi connectivity index (χ0) is 17.2. The lowest BCUT2D eigenvalue weighted by molar-refractivity contribution is -0.178. The van der Waals surface area contributed by atoms with Gasteiger partial charge in [-0.1, -0.05) is 0 Å². The fraction of sp³-hybridized carbons (Fsp3) is 0.944. The first-order valence-electron chi connectivity index (χ1n) is 9.34. The van der Waals surface area contributed by atoms with Gasteiger partial charge in [0.05, 0.1) is 24.9 Å². The summed E-state index contributed by atoms with van der Waals surface area (Å²) in [5, 5.41) is 3.35. The van der Waals surface area contributed by atoms with Gasteiger partial charge in [0, 0.05) is 44.4 Å². The lowest BCUT2D eigenvalue weighted by atomic mass is 9.57. The summed E-state index contributed by atoms with van der Waals surface area (Å²) in [6.45, 7) is 11.4. The molecule has 0 aromatic carbocycles. The van der Waals surface area contributed by atoms with Crippen molar-refractivity contribution in [3.8, 4) is 0 Å². The molecule has 1 aliphatic carbocycles. The van der Waals surface area contributed by atoms with Gasteiger partial charge in [-0.2, -0.15) is 0 Å². The maximum atomic E-state index is 13.0. The van der Waals surface area contributed by atoms with Gasteiger partial charge in [0.1, 0.15) is 0 Å². The van der Waals surface area contributed by atoms with Crippen molar-refractivity contribution in [1.29, 1.82) is 0 Å². The normalized spacial score (nSPS) is 30.8. The average Bonchev–Trinajstić information content (AvgIpc) is 2.62. The van der Waals surface area contributed by atoms with Crippen molar-refractivity contribution < 1.29 is 19.0 Å². The van der Waals surface area contributed by atoms with Crippen molar-refractivity contribution >= 4 is 5.91 Å². The Balaban J connectivity index is 1.64. The number of morpholine rings is 1. The molecule has 1 saturated carbocycles. The predicted molar refractivity (Wildman–Crippen MR) is 90.9 cm³/mol. The van der Waals surface area contributed by atoms with Crippen molar-refractivity contribution in [1.82, 2.24) is 10.2 Å². The van der Waals surface area contributed by atoms with Crippen molar-refractivity contribution in [3.05, 3.63) is 0 Å². The molecular formula is C18H32N2O4. The number of carbonyl (C=O) groups excluding carboxylic acids is 1. The highest BCUT2D eigenvalue weighted by Gasteiger charge is 2.57. The minimum atomic E-state index is -0.507. The molecule has 2 aliphatic heterocycles. The largest absolute Gasteiger partial charge is 0.381 e. The SMILES string of the molecule is CCOC1CC(NC(=O)C(C)(C)N2CCOCC2)C12CCOCC2. The van der Waals surface area contributed by atoms with Crippen LogP contribution in [0, 0.1) is 5.41 Å². The molecule has 1 spiro atoms. The van der Waals surface area contributed by atoms with E-state index < -0.39 is 5.54 Å². The van der Waals surface area contributed by atoms with Gasteiger partial charge in [0.15, 0.2) is 0 Å². The predicted octanol–water partition coefficient (Wildman–Crippen LogP) is 1.19. The van der Waals surface area contributed by atoms with Crippen LogP contribution in [0.25, 0.3) is 0 Å². The van der Waals surface area contributed by atoms with Crippen LogP contribution in [-0.4, -0.2) is 74.6 Å². The Morgan fingerprint density at radius 2 is 1.83 bits per heavy atom. The Hall–Kier alpha value is -0.690. The van der Waals surface area contributed by atoms with E-state index in [1.165, 1.54) is 0 Å². The third-order valence-corrected chi connectivity index (χ3v) is 6.24. The summed E-state index contributed by atoms with van der Waals surface area (Å²) >= 11 is 0. The first-order valence-corrected chi connectivity index (χ1v) is 9.34. The van der Waals surface area contributed by atoms with Crippen LogP contribution in [0.4, 0.5) is 0 Å². The third-order valence-electron chi connectivity index (χ3n) is 6.24. The zero-order valence-corrected chi connectivity index (χ0v) is 15.3. The number of carbonyl (C=O) groups is 1. The molecule has 1 amide bonds. The zero-order valence-electron chi connectivity index (χ0n) is 15.3. The summed E-state index contributed by atoms with van der Waals surface area (Å²) in [7, 11) is 0. The second kappa shape index (κ2) is 7.28. The van der Waals surface area contributed by atoms with E-state index in [4.69, 9.17) is 14.2 Å². The van der Waals surface area contributed by atoms with Gasteiger partial charge < -0.3 is 19.5 Å². The Morgan fingerprint density at radius 1 is 1.21 bits per heavy atom. The van der Waals surface area contributed by atoms with Crippen molar-refractivity contribution in [3.63, 3.8) is 0 Å². The van der Waals surface area contributed by atoms with Crippen LogP contribution < -0.4 is 5.32 Å². The highest BCUT2D eigenvalue weighted by Crippen LogP contribution is 2.50. The van der Waals surface area contributed by atoms with E-state index in [-0.39, 0.29) is 23.5 Å². The molecule has 2 atom stereocenters. The molecule has 3 aliphatic rings. The third kappa shape index (κ3) is 3.21. The monoisotopic (exact) mass is 340 g/mol. The van der Waals surface area contributed by atoms with Crippen LogP contribution in [0.15, 0.2) is 0 Å². The first-order chi connectivity index (χ1) is 11.5. The van der Waals surface area contributed by atoms with Crippen molar-refractivity contribution in [2.75, 3.05) is 46.1 Å². The molecule has 0 radical (unpaired) electrons. The van der Waals surface area contributed by atoms with Crippen molar-refractivity contribution in [2.45, 2.75) is 57.7 Å². The van der Waals surface area contributed by atoms with E-state index in [0.717, 1.165) is 52.2 Å². The summed E-state index contributed by atoms with van der Waals surface area (Å²) < 4.78 is 16.9. The van der Waals surface area contributed by atoms with E-state index in [1.807, 2.05) is 20.8 Å². The summed E-state index contributed by atoms with van der Waals surface area (Å²) in [5.74, 6) is 0.121. The maximum Gasteiger partial charge on any atom is 0.240 e. The number of hydrogen-bond acceptors (Lipinski definition) is 5. The van der Waals surface area contributed by atoms with Gasteiger partial charge in [0.2, 0.25) is 5.91 Å². The smallest absolute Gasteiger partial charge is 0.240 e. The molecule has 138 valence electrons. The van der Waals surface area contributed by atoms with Crippen LogP contribution in [0.2, 0.25) is 0 Å². The number of nitrogens with zero attached hydrogens (tertiary/aromatic N) is 1. The summed E-state index contributed by atoms with van der Waals surface area (Å²) in [6, 6.07) is 0.200. The van der Waals surface area contributed by atoms with Gasteiger partial charge in [-0.3, -0.25) is 9.69 Å². The molecule has 2 saturated heterocycles. The number of nitrogens with one attached hydrogen (secondary N) is 1. The van der Waals surface area contributed by atoms with E-state index >= 15 is 0 Å². The minimum absolute atomic E-state index is 0.0605. The molecule has 6 heteroatoms. The molecule has 3 rings (SSSR count). The van der Waals surface area contributed by atoms with Gasteiger partial charge in [-0.05, 0) is 40.0 Å². The fourth-order valence-electron chi connectivity index (χ4n) is 4.41. The van der Waals surface area contributed by atoms with Crippen molar-refractivity contribution in [2.24, 2.45) is 5.41 Å². The van der Waals surface area contributed by atoms with E-state index in [2.05, 4.69) is 10.2 Å². The number of hydrogen-bond donors (Lipinski definition) is 1. The lowest BCUT2D eigenvalue weighted by Gasteiger charge is -2.58. The quantitative estimate of drug-likeness (QED) is 0.815. The highest BCUT2D eigenvalue weighted by molar-refractivity contribution is 5.86. The standard InChI is InChI=1S/C18H32N2O4/c1-4-24-15-13-14(18(15)5-9-22-10-6-18)19-16(21)17(2,3)20-7-11-23-12-8-20/h14-15H,4-13H2,1-3H3,(H,19,21). The first kappa shape index (κ1) is 18.1. The molecule has 2 heterocycles. The summed E-state index contributed by atoms with van der Waals surface area (Å²) in [4.78, 5) is 15.2. The number of ether oxygens (including phenoxy) is 3. The Morgan fingerprint density at radius 3 is 2.46 bits per heavy atom. The molecule has 0 aromatic rings. The molecule has 1 N–H and O–H groups in total. The number of rotatable bonds is 5. The molecule has 2 unspecified atom stereocenters. The number of amides is 1. The van der Waals surface area contributed by atoms with E-state index in [9.17, 15) is 4.79 Å². The average molecular weight is 340 g/mol. The fourth-order valence-corrected chi connectivity index (χ4v) is 4.41. The Kier molecular flexibility index (Phi) is 5.49. The molecular weight excluding hydrogens is 308 g/mol. The van der Waals surface area contributed by atoms with Crippen LogP contribution in [-0.2, 0) is 19.0 Å². The molecule has 24 heavy (non-hydrogen) atoms. The molecule has 0 bridgehead atoms. The van der Waals surface area contributed by atoms with E-state index in [0.29, 0.717) is 13.2 Å². The van der Waals surface area contributed by atoms with Crippen LogP contribution in [0.3, 0.4) is 0 Å². The second-order valence-corrected chi connectivity index (χ2v) is 7.71. The van der Waals surface area contributed by atoms with Gasteiger partial charge in [-0.25, -0.2) is 0 Å². The van der Waals surface area contributed by atoms with Crippen LogP contribution in [0.1, 0.15) is 40.0 Å². The lowest BCUT2D eigenvalue weighted by Crippen LogP contribution is -2.69. The van der Waals surface area contributed by atoms with Gasteiger partial charge in [0.25, 0.3) is 0 Å². The van der Waals surface area contributed by atoms with Gasteiger partial charge in [-0.15, -0.1) is 0 Å².